The fourth-order valence-corrected chi connectivity index (χ4v) is 9.06. The Labute approximate surface area is 110 Å². The molecule has 0 saturated carbocycles. The summed E-state index contributed by atoms with van der Waals surface area (Å²) in [5.74, 6) is 0. The molecule has 1 saturated heterocycles. The molecule has 0 N–H and O–H groups in total. The van der Waals surface area contributed by atoms with Gasteiger partial charge in [0.25, 0.3) is 0 Å². The van der Waals surface area contributed by atoms with Gasteiger partial charge in [0.15, 0.2) is 0 Å². The van der Waals surface area contributed by atoms with Crippen LogP contribution < -0.4 is 0 Å². The molecule has 2 aliphatic heterocycles. The van der Waals surface area contributed by atoms with Gasteiger partial charge in [-0.25, -0.2) is 0 Å². The molecule has 0 unspecified atom stereocenters. The van der Waals surface area contributed by atoms with Crippen molar-refractivity contribution in [3.05, 3.63) is 11.5 Å². The molecule has 2 nitrogen and oxygen atoms in total. The first-order chi connectivity index (χ1) is 7.67. The molecule has 4 heteroatoms. The Morgan fingerprint density at radius 3 is 2.24 bits per heavy atom. The Kier molecular flexibility index (Phi) is 3.31. The Morgan fingerprint density at radius 1 is 1.12 bits per heavy atom. The smallest absolute Gasteiger partial charge is 0.349 e. The summed E-state index contributed by atoms with van der Waals surface area (Å²) >= 11 is 1.84. The molecule has 2 rings (SSSR count). The van der Waals surface area contributed by atoms with E-state index < -0.39 is 8.56 Å². The normalized spacial score (nSPS) is 32.6. The molecule has 0 radical (unpaired) electrons. The summed E-state index contributed by atoms with van der Waals surface area (Å²) in [7, 11) is -2.24. The lowest BCUT2D eigenvalue weighted by Gasteiger charge is -2.53. The van der Waals surface area contributed by atoms with Crippen LogP contribution in [0.15, 0.2) is 11.5 Å². The second-order valence-electron chi connectivity index (χ2n) is 7.01. The van der Waals surface area contributed by atoms with Gasteiger partial charge in [0.05, 0.1) is 18.0 Å². The van der Waals surface area contributed by atoms with E-state index in [4.69, 9.17) is 8.85 Å². The topological polar surface area (TPSA) is 18.5 Å². The summed E-state index contributed by atoms with van der Waals surface area (Å²) in [5.41, 5.74) is 0. The lowest BCUT2D eigenvalue weighted by Crippen LogP contribution is -2.63. The van der Waals surface area contributed by atoms with Crippen LogP contribution in [0.5, 0.6) is 0 Å². The fourth-order valence-electron chi connectivity index (χ4n) is 3.01. The number of fused-ring (bicyclic) bond motifs is 1. The molecule has 0 aromatic heterocycles. The summed E-state index contributed by atoms with van der Waals surface area (Å²) < 4.78 is 12.9. The van der Waals surface area contributed by atoms with Crippen LogP contribution in [0.2, 0.25) is 10.1 Å². The van der Waals surface area contributed by atoms with Crippen LogP contribution in [0.3, 0.4) is 0 Å². The summed E-state index contributed by atoms with van der Waals surface area (Å²) in [5, 5.41) is 2.82. The summed E-state index contributed by atoms with van der Waals surface area (Å²) in [6.07, 6.45) is 2.47. The van der Waals surface area contributed by atoms with Crippen LogP contribution in [0, 0.1) is 0 Å². The van der Waals surface area contributed by atoms with E-state index in [1.54, 1.807) is 0 Å². The third-order valence-corrected chi connectivity index (χ3v) is 9.81. The van der Waals surface area contributed by atoms with Crippen LogP contribution in [0.4, 0.5) is 0 Å². The summed E-state index contributed by atoms with van der Waals surface area (Å²) in [6, 6.07) is 0. The number of hydrogen-bond donors (Lipinski definition) is 0. The van der Waals surface area contributed by atoms with Crippen LogP contribution >= 0.6 is 11.8 Å². The van der Waals surface area contributed by atoms with Crippen molar-refractivity contribution in [3.8, 4) is 0 Å². The monoisotopic (exact) mass is 272 g/mol. The van der Waals surface area contributed by atoms with Gasteiger partial charge in [0.2, 0.25) is 0 Å². The van der Waals surface area contributed by atoms with Crippen molar-refractivity contribution in [3.63, 3.8) is 0 Å². The van der Waals surface area contributed by atoms with E-state index in [1.165, 1.54) is 0 Å². The number of rotatable bonds is 0. The molecule has 0 bridgehead atoms. The first-order valence-corrected chi connectivity index (χ1v) is 9.07. The molecular formula is C13H24O2SSi. The first-order valence-electron chi connectivity index (χ1n) is 6.31. The van der Waals surface area contributed by atoms with Gasteiger partial charge in [-0.15, -0.1) is 11.8 Å². The van der Waals surface area contributed by atoms with Crippen LogP contribution in [0.25, 0.3) is 0 Å². The molecular weight excluding hydrogens is 248 g/mol. The highest BCUT2D eigenvalue weighted by Gasteiger charge is 2.61. The van der Waals surface area contributed by atoms with E-state index >= 15 is 0 Å². The van der Waals surface area contributed by atoms with Crippen molar-refractivity contribution < 1.29 is 8.85 Å². The molecule has 17 heavy (non-hydrogen) atoms. The predicted molar refractivity (Wildman–Crippen MR) is 76.5 cm³/mol. The Bertz CT molecular complexity index is 313. The first kappa shape index (κ1) is 13.7. The van der Waals surface area contributed by atoms with Gasteiger partial charge in [0, 0.05) is 10.1 Å². The van der Waals surface area contributed by atoms with Gasteiger partial charge in [-0.3, -0.25) is 0 Å². The number of hydrogen-bond acceptors (Lipinski definition) is 3. The predicted octanol–water partition coefficient (Wildman–Crippen LogP) is 4.07. The van der Waals surface area contributed by atoms with Gasteiger partial charge < -0.3 is 8.85 Å². The van der Waals surface area contributed by atoms with Crippen molar-refractivity contribution in [2.24, 2.45) is 0 Å². The highest BCUT2D eigenvalue weighted by molar-refractivity contribution is 8.03. The van der Waals surface area contributed by atoms with Crippen molar-refractivity contribution in [2.75, 3.05) is 6.61 Å². The van der Waals surface area contributed by atoms with E-state index in [1.807, 2.05) is 11.8 Å². The standard InChI is InChI=1S/C13H24O2SSi/c1-12(2,3)17(13(4,5)6)14-9-11-10(15-17)7-8-16-11/h7-8,10-11H,9H2,1-6H3/t10-,11+/m0/s1. The largest absolute Gasteiger partial charge is 0.392 e. The van der Waals surface area contributed by atoms with Crippen molar-refractivity contribution in [1.29, 1.82) is 0 Å². The van der Waals surface area contributed by atoms with Crippen molar-refractivity contribution in [1.82, 2.24) is 0 Å². The minimum Gasteiger partial charge on any atom is -0.392 e. The zero-order valence-corrected chi connectivity index (χ0v) is 13.6. The molecule has 2 atom stereocenters. The van der Waals surface area contributed by atoms with Gasteiger partial charge in [0.1, 0.15) is 0 Å². The molecule has 0 amide bonds. The van der Waals surface area contributed by atoms with Crippen LogP contribution in [0.1, 0.15) is 41.5 Å². The third kappa shape index (κ3) is 2.13. The molecule has 0 spiro atoms. The molecule has 0 aromatic carbocycles. The summed E-state index contributed by atoms with van der Waals surface area (Å²) in [4.78, 5) is 0. The molecule has 2 heterocycles. The van der Waals surface area contributed by atoms with E-state index in [-0.39, 0.29) is 16.2 Å². The minimum atomic E-state index is -2.24. The minimum absolute atomic E-state index is 0.0946. The third-order valence-electron chi connectivity index (χ3n) is 3.62. The quantitative estimate of drug-likeness (QED) is 0.619. The highest BCUT2D eigenvalue weighted by atomic mass is 32.2. The van der Waals surface area contributed by atoms with E-state index in [2.05, 4.69) is 53.0 Å². The van der Waals surface area contributed by atoms with E-state index in [0.29, 0.717) is 5.25 Å². The zero-order valence-electron chi connectivity index (χ0n) is 11.7. The maximum absolute atomic E-state index is 6.54. The van der Waals surface area contributed by atoms with Gasteiger partial charge in [-0.2, -0.15) is 0 Å². The van der Waals surface area contributed by atoms with E-state index in [0.717, 1.165) is 6.61 Å². The molecule has 98 valence electrons. The highest BCUT2D eigenvalue weighted by Crippen LogP contribution is 2.55. The zero-order chi connectivity index (χ0) is 12.9. The number of thioether (sulfide) groups is 1. The van der Waals surface area contributed by atoms with Crippen molar-refractivity contribution >= 4 is 20.3 Å². The molecule has 0 aromatic rings. The van der Waals surface area contributed by atoms with Gasteiger partial charge >= 0.3 is 8.56 Å². The average Bonchev–Trinajstić information content (AvgIpc) is 2.59. The lowest BCUT2D eigenvalue weighted by molar-refractivity contribution is 0.0490. The Morgan fingerprint density at radius 2 is 1.71 bits per heavy atom. The lowest BCUT2D eigenvalue weighted by atomic mass is 10.2. The van der Waals surface area contributed by atoms with E-state index in [9.17, 15) is 0 Å². The molecule has 2 aliphatic rings. The second-order valence-corrected chi connectivity index (χ2v) is 12.9. The van der Waals surface area contributed by atoms with Gasteiger partial charge in [-0.1, -0.05) is 41.5 Å². The second kappa shape index (κ2) is 4.12. The Hall–Kier alpha value is 0.227. The summed E-state index contributed by atoms with van der Waals surface area (Å²) in [6.45, 7) is 14.4. The SMILES string of the molecule is CC(C)(C)[Si]1(C(C)(C)C)OC[C@H]2SC=C[C@@H]2O1. The maximum Gasteiger partial charge on any atom is 0.349 e. The molecule has 1 fully saturated rings. The fraction of sp³-hybridized carbons (Fsp3) is 0.846. The average molecular weight is 272 g/mol. The Balaban J connectivity index is 2.33. The van der Waals surface area contributed by atoms with Crippen molar-refractivity contribution in [2.45, 2.75) is 63.0 Å². The van der Waals surface area contributed by atoms with Crippen LogP contribution in [-0.2, 0) is 8.85 Å². The van der Waals surface area contributed by atoms with Gasteiger partial charge in [-0.05, 0) is 11.5 Å². The van der Waals surface area contributed by atoms with Crippen LogP contribution in [-0.4, -0.2) is 26.5 Å². The molecule has 0 aliphatic carbocycles. The maximum atomic E-state index is 6.54.